The minimum atomic E-state index is -1.77. The summed E-state index contributed by atoms with van der Waals surface area (Å²) in [7, 11) is 1.11. The standard InChI is InChI=1S/C13H18O6/c1-4-5-13(12(18)19-3)9(15)6-8(7(2)14)10(13)11(16)17/h4,7-8,10,14H,1,5-6H2,2-3H3,(H,16,17)/t7?,8-,10-,13?/m0/s1. The molecule has 2 unspecified atom stereocenters. The zero-order valence-electron chi connectivity index (χ0n) is 11.0. The average molecular weight is 270 g/mol. The molecule has 1 aliphatic rings. The monoisotopic (exact) mass is 270 g/mol. The van der Waals surface area contributed by atoms with E-state index < -0.39 is 41.1 Å². The second kappa shape index (κ2) is 5.52. The van der Waals surface area contributed by atoms with Crippen LogP contribution in [0.4, 0.5) is 0 Å². The van der Waals surface area contributed by atoms with Crippen LogP contribution in [0.15, 0.2) is 12.7 Å². The van der Waals surface area contributed by atoms with Gasteiger partial charge in [-0.05, 0) is 13.3 Å². The third kappa shape index (κ3) is 2.28. The van der Waals surface area contributed by atoms with Crippen LogP contribution in [0, 0.1) is 17.3 Å². The summed E-state index contributed by atoms with van der Waals surface area (Å²) in [6, 6.07) is 0. The SMILES string of the molecule is C=CCC1(C(=O)OC)C(=O)C[C@@H](C(C)O)[C@H]1C(=O)O. The van der Waals surface area contributed by atoms with Crippen molar-refractivity contribution in [3.8, 4) is 0 Å². The fourth-order valence-electron chi connectivity index (χ4n) is 2.87. The number of ether oxygens (including phenoxy) is 1. The number of methoxy groups -OCH3 is 1. The Morgan fingerprint density at radius 2 is 2.21 bits per heavy atom. The maximum Gasteiger partial charge on any atom is 0.320 e. The predicted octanol–water partition coefficient (Wildman–Crippen LogP) is 0.393. The molecule has 0 radical (unpaired) electrons. The molecule has 0 saturated heterocycles. The van der Waals surface area contributed by atoms with Crippen LogP contribution in [0.1, 0.15) is 19.8 Å². The van der Waals surface area contributed by atoms with Crippen molar-refractivity contribution >= 4 is 17.7 Å². The van der Waals surface area contributed by atoms with Gasteiger partial charge in [-0.1, -0.05) is 6.08 Å². The lowest BCUT2D eigenvalue weighted by molar-refractivity contribution is -0.168. The van der Waals surface area contributed by atoms with Gasteiger partial charge in [-0.2, -0.15) is 0 Å². The number of carboxylic acids is 1. The third-order valence-corrected chi connectivity index (χ3v) is 3.78. The Bertz CT molecular complexity index is 413. The Kier molecular flexibility index (Phi) is 4.47. The van der Waals surface area contributed by atoms with E-state index in [1.54, 1.807) is 0 Å². The topological polar surface area (TPSA) is 101 Å². The van der Waals surface area contributed by atoms with Gasteiger partial charge < -0.3 is 14.9 Å². The van der Waals surface area contributed by atoms with Crippen molar-refractivity contribution in [1.82, 2.24) is 0 Å². The molecule has 19 heavy (non-hydrogen) atoms. The van der Waals surface area contributed by atoms with Crippen LogP contribution in [-0.4, -0.2) is 41.1 Å². The number of rotatable bonds is 5. The van der Waals surface area contributed by atoms with Crippen molar-refractivity contribution in [1.29, 1.82) is 0 Å². The summed E-state index contributed by atoms with van der Waals surface area (Å²) in [4.78, 5) is 35.6. The fraction of sp³-hybridized carbons (Fsp3) is 0.615. The van der Waals surface area contributed by atoms with E-state index in [0.29, 0.717) is 0 Å². The second-order valence-electron chi connectivity index (χ2n) is 4.80. The lowest BCUT2D eigenvalue weighted by atomic mass is 9.71. The van der Waals surface area contributed by atoms with Crippen molar-refractivity contribution < 1.29 is 29.3 Å². The van der Waals surface area contributed by atoms with Crippen LogP contribution in [0.5, 0.6) is 0 Å². The quantitative estimate of drug-likeness (QED) is 0.426. The van der Waals surface area contributed by atoms with Crippen LogP contribution >= 0.6 is 0 Å². The summed E-state index contributed by atoms with van der Waals surface area (Å²) in [6.07, 6.45) is 0.0623. The highest BCUT2D eigenvalue weighted by Crippen LogP contribution is 2.49. The number of allylic oxidation sites excluding steroid dienone is 1. The van der Waals surface area contributed by atoms with Gasteiger partial charge in [0.1, 0.15) is 5.41 Å². The highest BCUT2D eigenvalue weighted by Gasteiger charge is 2.63. The van der Waals surface area contributed by atoms with Crippen LogP contribution in [0.2, 0.25) is 0 Å². The zero-order valence-corrected chi connectivity index (χ0v) is 11.0. The molecule has 0 aromatic rings. The van der Waals surface area contributed by atoms with E-state index in [1.165, 1.54) is 13.0 Å². The first-order valence-electron chi connectivity index (χ1n) is 5.96. The van der Waals surface area contributed by atoms with Crippen LogP contribution in [0.25, 0.3) is 0 Å². The van der Waals surface area contributed by atoms with Gasteiger partial charge in [0.25, 0.3) is 0 Å². The van der Waals surface area contributed by atoms with Gasteiger partial charge in [-0.25, -0.2) is 0 Å². The molecule has 0 bridgehead atoms. The molecule has 1 rings (SSSR count). The first-order chi connectivity index (χ1) is 8.82. The van der Waals surface area contributed by atoms with Crippen LogP contribution in [0.3, 0.4) is 0 Å². The van der Waals surface area contributed by atoms with E-state index in [9.17, 15) is 24.6 Å². The number of carbonyl (C=O) groups is 3. The van der Waals surface area contributed by atoms with Crippen LogP contribution in [-0.2, 0) is 19.1 Å². The molecule has 4 atom stereocenters. The maximum atomic E-state index is 12.2. The smallest absolute Gasteiger partial charge is 0.320 e. The Balaban J connectivity index is 3.39. The highest BCUT2D eigenvalue weighted by molar-refractivity contribution is 6.09. The van der Waals surface area contributed by atoms with Crippen molar-refractivity contribution in [2.24, 2.45) is 17.3 Å². The van der Waals surface area contributed by atoms with E-state index in [4.69, 9.17) is 0 Å². The number of carboxylic acid groups (broad SMARTS) is 1. The van der Waals surface area contributed by atoms with Gasteiger partial charge >= 0.3 is 11.9 Å². The van der Waals surface area contributed by atoms with Gasteiger partial charge in [0, 0.05) is 12.3 Å². The Labute approximate surface area is 111 Å². The number of carbonyl (C=O) groups excluding carboxylic acids is 2. The summed E-state index contributed by atoms with van der Waals surface area (Å²) >= 11 is 0. The van der Waals surface area contributed by atoms with E-state index in [1.807, 2.05) is 0 Å². The summed E-state index contributed by atoms with van der Waals surface area (Å²) < 4.78 is 4.62. The largest absolute Gasteiger partial charge is 0.481 e. The molecule has 6 nitrogen and oxygen atoms in total. The number of aliphatic carboxylic acids is 1. The molecule has 1 fully saturated rings. The molecule has 6 heteroatoms. The van der Waals surface area contributed by atoms with Crippen molar-refractivity contribution in [3.05, 3.63) is 12.7 Å². The molecular weight excluding hydrogens is 252 g/mol. The predicted molar refractivity (Wildman–Crippen MR) is 65.2 cm³/mol. The van der Waals surface area contributed by atoms with E-state index >= 15 is 0 Å². The third-order valence-electron chi connectivity index (χ3n) is 3.78. The molecule has 0 aromatic carbocycles. The van der Waals surface area contributed by atoms with Crippen molar-refractivity contribution in [2.45, 2.75) is 25.9 Å². The van der Waals surface area contributed by atoms with Crippen LogP contribution < -0.4 is 0 Å². The molecule has 1 aliphatic carbocycles. The Morgan fingerprint density at radius 1 is 1.63 bits per heavy atom. The summed E-state index contributed by atoms with van der Waals surface area (Å²) in [5.41, 5.74) is -1.77. The summed E-state index contributed by atoms with van der Waals surface area (Å²) in [5, 5.41) is 19.0. The van der Waals surface area contributed by atoms with Gasteiger partial charge in [-0.15, -0.1) is 6.58 Å². The number of aliphatic hydroxyl groups excluding tert-OH is 1. The lowest BCUT2D eigenvalue weighted by Gasteiger charge is -2.30. The minimum absolute atomic E-state index is 0.112. The molecular formula is C13H18O6. The molecule has 0 aliphatic heterocycles. The normalized spacial score (nSPS) is 31.8. The number of esters is 1. The van der Waals surface area contributed by atoms with E-state index in [-0.39, 0.29) is 12.8 Å². The zero-order chi connectivity index (χ0) is 14.8. The Morgan fingerprint density at radius 3 is 2.58 bits per heavy atom. The second-order valence-corrected chi connectivity index (χ2v) is 4.80. The van der Waals surface area contributed by atoms with Gasteiger partial charge in [0.15, 0.2) is 5.78 Å². The molecule has 2 N–H and O–H groups in total. The molecule has 0 amide bonds. The van der Waals surface area contributed by atoms with Crippen molar-refractivity contribution in [3.63, 3.8) is 0 Å². The number of aliphatic hydroxyl groups is 1. The van der Waals surface area contributed by atoms with Gasteiger partial charge in [0.2, 0.25) is 0 Å². The van der Waals surface area contributed by atoms with E-state index in [2.05, 4.69) is 11.3 Å². The van der Waals surface area contributed by atoms with Gasteiger partial charge in [-0.3, -0.25) is 14.4 Å². The number of hydrogen-bond acceptors (Lipinski definition) is 5. The maximum absolute atomic E-state index is 12.2. The first kappa shape index (κ1) is 15.4. The lowest BCUT2D eigenvalue weighted by Crippen LogP contribution is -2.46. The summed E-state index contributed by atoms with van der Waals surface area (Å²) in [6.45, 7) is 4.88. The fourth-order valence-corrected chi connectivity index (χ4v) is 2.87. The van der Waals surface area contributed by atoms with Gasteiger partial charge in [0.05, 0.1) is 19.1 Å². The average Bonchev–Trinajstić information content (AvgIpc) is 2.63. The molecule has 0 heterocycles. The van der Waals surface area contributed by atoms with E-state index in [0.717, 1.165) is 7.11 Å². The highest BCUT2D eigenvalue weighted by atomic mass is 16.5. The number of ketones is 1. The first-order valence-corrected chi connectivity index (χ1v) is 5.96. The molecule has 0 spiro atoms. The van der Waals surface area contributed by atoms with Crippen molar-refractivity contribution in [2.75, 3.05) is 7.11 Å². The Hall–Kier alpha value is -1.69. The molecule has 106 valence electrons. The summed E-state index contributed by atoms with van der Waals surface area (Å²) in [5.74, 6) is -4.79. The molecule has 0 aromatic heterocycles. The number of Topliss-reactive ketones (excluding diaryl/α,β-unsaturated/α-hetero) is 1. The molecule has 1 saturated carbocycles. The number of hydrogen-bond donors (Lipinski definition) is 2. The minimum Gasteiger partial charge on any atom is -0.481 e.